The third-order valence-corrected chi connectivity index (χ3v) is 2.79. The summed E-state index contributed by atoms with van der Waals surface area (Å²) in [6, 6.07) is 6.00. The van der Waals surface area contributed by atoms with Gasteiger partial charge in [0, 0.05) is 13.1 Å². The van der Waals surface area contributed by atoms with Gasteiger partial charge in [0.2, 0.25) is 0 Å². The number of benzene rings is 1. The standard InChI is InChI=1S/C9H8FI2/c1-6(5-10)7-2-8(11)4-9(12)3-7/h2-4,6H,1,5H2. The van der Waals surface area contributed by atoms with Gasteiger partial charge in [0.1, 0.15) is 0 Å². The van der Waals surface area contributed by atoms with E-state index in [1.165, 1.54) is 0 Å². The maximum absolute atomic E-state index is 12.3. The Morgan fingerprint density at radius 3 is 2.17 bits per heavy atom. The zero-order valence-corrected chi connectivity index (χ0v) is 10.7. The lowest BCUT2D eigenvalue weighted by Crippen LogP contribution is -1.96. The van der Waals surface area contributed by atoms with Gasteiger partial charge in [-0.3, -0.25) is 4.39 Å². The van der Waals surface area contributed by atoms with Gasteiger partial charge in [0.15, 0.2) is 0 Å². The van der Waals surface area contributed by atoms with Gasteiger partial charge < -0.3 is 0 Å². The van der Waals surface area contributed by atoms with Crippen LogP contribution in [0.3, 0.4) is 0 Å². The van der Waals surface area contributed by atoms with Gasteiger partial charge in [-0.25, -0.2) is 0 Å². The molecule has 1 radical (unpaired) electrons. The smallest absolute Gasteiger partial charge is 0.0962 e. The summed E-state index contributed by atoms with van der Waals surface area (Å²) in [5, 5.41) is 0. The van der Waals surface area contributed by atoms with E-state index in [0.717, 1.165) is 12.7 Å². The SMILES string of the molecule is [CH2]C(CF)c1cc(I)cc(I)c1. The van der Waals surface area contributed by atoms with Crippen LogP contribution < -0.4 is 0 Å². The van der Waals surface area contributed by atoms with Crippen molar-refractivity contribution in [1.82, 2.24) is 0 Å². The number of halogens is 3. The van der Waals surface area contributed by atoms with Crippen molar-refractivity contribution in [2.24, 2.45) is 0 Å². The first-order valence-electron chi connectivity index (χ1n) is 3.48. The minimum absolute atomic E-state index is 0.228. The number of hydrogen-bond donors (Lipinski definition) is 0. The summed E-state index contributed by atoms with van der Waals surface area (Å²) in [5.74, 6) is -0.228. The van der Waals surface area contributed by atoms with E-state index < -0.39 is 6.67 Å². The van der Waals surface area contributed by atoms with E-state index >= 15 is 0 Å². The molecule has 0 nitrogen and oxygen atoms in total. The molecule has 0 saturated heterocycles. The molecule has 12 heavy (non-hydrogen) atoms. The second-order valence-corrected chi connectivity index (χ2v) is 5.05. The van der Waals surface area contributed by atoms with Crippen LogP contribution in [-0.4, -0.2) is 6.67 Å². The molecule has 1 rings (SSSR count). The lowest BCUT2D eigenvalue weighted by atomic mass is 10.0. The van der Waals surface area contributed by atoms with Crippen molar-refractivity contribution in [2.75, 3.05) is 6.67 Å². The Morgan fingerprint density at radius 1 is 1.25 bits per heavy atom. The molecule has 1 atom stereocenters. The number of hydrogen-bond acceptors (Lipinski definition) is 0. The average Bonchev–Trinajstić information content (AvgIpc) is 2.01. The molecule has 1 unspecified atom stereocenters. The fourth-order valence-electron chi connectivity index (χ4n) is 0.900. The number of alkyl halides is 1. The molecule has 0 saturated carbocycles. The Morgan fingerprint density at radius 2 is 1.75 bits per heavy atom. The highest BCUT2D eigenvalue weighted by Gasteiger charge is 2.06. The van der Waals surface area contributed by atoms with Crippen molar-refractivity contribution in [3.63, 3.8) is 0 Å². The quantitative estimate of drug-likeness (QED) is 0.676. The largest absolute Gasteiger partial charge is 0.250 e. The van der Waals surface area contributed by atoms with Gasteiger partial charge in [-0.05, 0) is 75.9 Å². The van der Waals surface area contributed by atoms with Crippen LogP contribution in [0.4, 0.5) is 4.39 Å². The van der Waals surface area contributed by atoms with E-state index in [9.17, 15) is 4.39 Å². The normalized spacial score (nSPS) is 13.0. The molecule has 0 amide bonds. The predicted octanol–water partition coefficient (Wildman–Crippen LogP) is 3.78. The highest BCUT2D eigenvalue weighted by molar-refractivity contribution is 14.1. The Kier molecular flexibility index (Phi) is 4.22. The summed E-state index contributed by atoms with van der Waals surface area (Å²) in [6.07, 6.45) is 0. The Bertz CT molecular complexity index is 253. The van der Waals surface area contributed by atoms with Crippen LogP contribution in [0.25, 0.3) is 0 Å². The summed E-state index contributed by atoms with van der Waals surface area (Å²) in [5.41, 5.74) is 0.980. The minimum atomic E-state index is -0.393. The minimum Gasteiger partial charge on any atom is -0.250 e. The van der Waals surface area contributed by atoms with Crippen LogP contribution in [0.15, 0.2) is 18.2 Å². The van der Waals surface area contributed by atoms with Gasteiger partial charge in [0.25, 0.3) is 0 Å². The van der Waals surface area contributed by atoms with E-state index in [0.29, 0.717) is 0 Å². The average molecular weight is 389 g/mol. The van der Waals surface area contributed by atoms with Crippen molar-refractivity contribution >= 4 is 45.2 Å². The molecule has 0 bridgehead atoms. The maximum Gasteiger partial charge on any atom is 0.0962 e. The van der Waals surface area contributed by atoms with Gasteiger partial charge in [0.05, 0.1) is 6.67 Å². The van der Waals surface area contributed by atoms with Crippen LogP contribution in [0.2, 0.25) is 0 Å². The van der Waals surface area contributed by atoms with Crippen LogP contribution in [-0.2, 0) is 0 Å². The molecule has 0 aliphatic carbocycles. The van der Waals surface area contributed by atoms with Crippen molar-refractivity contribution in [3.8, 4) is 0 Å². The Labute approximate surface area is 99.2 Å². The van der Waals surface area contributed by atoms with E-state index in [2.05, 4.69) is 58.2 Å². The highest BCUT2D eigenvalue weighted by atomic mass is 127. The van der Waals surface area contributed by atoms with Crippen LogP contribution in [0, 0.1) is 14.1 Å². The first kappa shape index (κ1) is 10.7. The molecule has 1 aromatic carbocycles. The molecule has 0 aliphatic rings. The van der Waals surface area contributed by atoms with Crippen molar-refractivity contribution < 1.29 is 4.39 Å². The zero-order chi connectivity index (χ0) is 9.14. The van der Waals surface area contributed by atoms with E-state index in [4.69, 9.17) is 0 Å². The molecule has 0 N–H and O–H groups in total. The second kappa shape index (κ2) is 4.74. The summed E-state index contributed by atoms with van der Waals surface area (Å²) in [6.45, 7) is 3.33. The van der Waals surface area contributed by atoms with Crippen molar-refractivity contribution in [1.29, 1.82) is 0 Å². The first-order valence-corrected chi connectivity index (χ1v) is 5.64. The Hall–Kier alpha value is 0.610. The van der Waals surface area contributed by atoms with Gasteiger partial charge in [-0.15, -0.1) is 0 Å². The first-order chi connectivity index (χ1) is 5.63. The molecule has 1 aromatic rings. The maximum atomic E-state index is 12.3. The monoisotopic (exact) mass is 389 g/mol. The lowest BCUT2D eigenvalue weighted by Gasteiger charge is -2.07. The molecule has 65 valence electrons. The van der Waals surface area contributed by atoms with Crippen molar-refractivity contribution in [3.05, 3.63) is 37.8 Å². The van der Waals surface area contributed by atoms with Crippen LogP contribution >= 0.6 is 45.2 Å². The highest BCUT2D eigenvalue weighted by Crippen LogP contribution is 2.21. The predicted molar refractivity (Wildman–Crippen MR) is 65.9 cm³/mol. The molecular weight excluding hydrogens is 381 g/mol. The summed E-state index contributed by atoms with van der Waals surface area (Å²) < 4.78 is 14.5. The lowest BCUT2D eigenvalue weighted by molar-refractivity contribution is 0.465. The molecule has 3 heteroatoms. The Balaban J connectivity index is 3.00. The third-order valence-electron chi connectivity index (χ3n) is 1.54. The number of rotatable bonds is 2. The summed E-state index contributed by atoms with van der Waals surface area (Å²) in [7, 11) is 0. The fraction of sp³-hybridized carbons (Fsp3) is 0.222. The second-order valence-electron chi connectivity index (χ2n) is 2.55. The van der Waals surface area contributed by atoms with Gasteiger partial charge >= 0.3 is 0 Å². The van der Waals surface area contributed by atoms with Gasteiger partial charge in [-0.2, -0.15) is 0 Å². The molecule has 0 fully saturated rings. The van der Waals surface area contributed by atoms with Crippen LogP contribution in [0.5, 0.6) is 0 Å². The molecule has 0 aliphatic heterocycles. The topological polar surface area (TPSA) is 0 Å². The van der Waals surface area contributed by atoms with E-state index in [1.807, 2.05) is 12.1 Å². The van der Waals surface area contributed by atoms with Crippen LogP contribution in [0.1, 0.15) is 11.5 Å². The molecule has 0 aromatic heterocycles. The summed E-state index contributed by atoms with van der Waals surface area (Å²) in [4.78, 5) is 0. The van der Waals surface area contributed by atoms with Crippen molar-refractivity contribution in [2.45, 2.75) is 5.92 Å². The zero-order valence-electron chi connectivity index (χ0n) is 6.36. The third kappa shape index (κ3) is 2.83. The van der Waals surface area contributed by atoms with Gasteiger partial charge in [-0.1, -0.05) is 0 Å². The molecule has 0 spiro atoms. The molecule has 0 heterocycles. The van der Waals surface area contributed by atoms with E-state index in [1.54, 1.807) is 0 Å². The molecular formula is C9H8FI2. The van der Waals surface area contributed by atoms with E-state index in [-0.39, 0.29) is 5.92 Å². The fourth-order valence-corrected chi connectivity index (χ4v) is 2.89. The summed E-state index contributed by atoms with van der Waals surface area (Å²) >= 11 is 4.45.